The van der Waals surface area contributed by atoms with Crippen LogP contribution in [0.1, 0.15) is 12.8 Å². The van der Waals surface area contributed by atoms with E-state index in [9.17, 15) is 14.4 Å². The van der Waals surface area contributed by atoms with Crippen LogP contribution in [0.5, 0.6) is 0 Å². The molecule has 122 valence electrons. The summed E-state index contributed by atoms with van der Waals surface area (Å²) in [6.07, 6.45) is 1.25. The molecule has 1 aromatic rings. The summed E-state index contributed by atoms with van der Waals surface area (Å²) in [5, 5.41) is 5.59. The van der Waals surface area contributed by atoms with Gasteiger partial charge < -0.3 is 15.1 Å². The molecule has 0 bridgehead atoms. The number of hydrogen-bond acceptors (Lipinski definition) is 5. The van der Waals surface area contributed by atoms with Crippen molar-refractivity contribution < 1.29 is 14.4 Å². The first kappa shape index (κ1) is 15.5. The lowest BCUT2D eigenvalue weighted by atomic mass is 10.0. The lowest BCUT2D eigenvalue weighted by Gasteiger charge is -2.31. The SMILES string of the molecule is O=CN(c1ccc(N2CCNCC2)cc1)C1CCC(=O)NC1=O. The molecule has 7 nitrogen and oxygen atoms in total. The minimum atomic E-state index is -0.629. The molecule has 3 amide bonds. The van der Waals surface area contributed by atoms with Gasteiger partial charge in [0.05, 0.1) is 0 Å². The van der Waals surface area contributed by atoms with Gasteiger partial charge in [0.15, 0.2) is 0 Å². The third-order valence-electron chi connectivity index (χ3n) is 4.29. The minimum absolute atomic E-state index is 0.250. The number of carbonyl (C=O) groups excluding carboxylic acids is 3. The Morgan fingerprint density at radius 2 is 1.83 bits per heavy atom. The fraction of sp³-hybridized carbons (Fsp3) is 0.438. The van der Waals surface area contributed by atoms with Crippen LogP contribution in [0.2, 0.25) is 0 Å². The van der Waals surface area contributed by atoms with Crippen molar-refractivity contribution in [3.8, 4) is 0 Å². The minimum Gasteiger partial charge on any atom is -0.369 e. The van der Waals surface area contributed by atoms with Crippen molar-refractivity contribution >= 4 is 29.6 Å². The number of hydrogen-bond donors (Lipinski definition) is 2. The number of carbonyl (C=O) groups is 3. The Hall–Kier alpha value is -2.41. The summed E-state index contributed by atoms with van der Waals surface area (Å²) >= 11 is 0. The van der Waals surface area contributed by atoms with Crippen LogP contribution in [0.25, 0.3) is 0 Å². The summed E-state index contributed by atoms with van der Waals surface area (Å²) < 4.78 is 0. The molecule has 1 aromatic carbocycles. The molecule has 7 heteroatoms. The number of nitrogens with zero attached hydrogens (tertiary/aromatic N) is 2. The van der Waals surface area contributed by atoms with E-state index in [4.69, 9.17) is 0 Å². The summed E-state index contributed by atoms with van der Waals surface area (Å²) in [6, 6.07) is 6.98. The van der Waals surface area contributed by atoms with Gasteiger partial charge >= 0.3 is 0 Å². The van der Waals surface area contributed by atoms with Crippen LogP contribution in [-0.2, 0) is 14.4 Å². The van der Waals surface area contributed by atoms with E-state index < -0.39 is 11.9 Å². The van der Waals surface area contributed by atoms with Gasteiger partial charge in [-0.05, 0) is 30.7 Å². The maximum Gasteiger partial charge on any atom is 0.249 e. The number of benzene rings is 1. The van der Waals surface area contributed by atoms with E-state index in [0.29, 0.717) is 18.5 Å². The molecule has 0 aromatic heterocycles. The number of nitrogens with one attached hydrogen (secondary N) is 2. The standard InChI is InChI=1S/C16H20N4O3/c21-11-20(14-5-6-15(22)18-16(14)23)13-3-1-12(2-4-13)19-9-7-17-8-10-19/h1-4,11,14,17H,5-10H2,(H,18,22,23). The van der Waals surface area contributed by atoms with Crippen molar-refractivity contribution in [1.29, 1.82) is 0 Å². The Kier molecular flexibility index (Phi) is 4.57. The summed E-state index contributed by atoms with van der Waals surface area (Å²) in [5.74, 6) is -0.703. The number of anilines is 2. The molecule has 2 saturated heterocycles. The van der Waals surface area contributed by atoms with Crippen molar-refractivity contribution in [1.82, 2.24) is 10.6 Å². The number of amides is 3. The molecule has 0 aliphatic carbocycles. The quantitative estimate of drug-likeness (QED) is 0.597. The smallest absolute Gasteiger partial charge is 0.249 e. The predicted octanol–water partition coefficient (Wildman–Crippen LogP) is -0.136. The number of imide groups is 1. The molecule has 0 radical (unpaired) electrons. The summed E-state index contributed by atoms with van der Waals surface area (Å²) in [4.78, 5) is 38.3. The van der Waals surface area contributed by atoms with E-state index in [1.54, 1.807) is 0 Å². The number of rotatable bonds is 4. The number of piperazine rings is 1. The fourth-order valence-electron chi connectivity index (χ4n) is 3.02. The Bertz CT molecular complexity index is 596. The summed E-state index contributed by atoms with van der Waals surface area (Å²) in [5.41, 5.74) is 1.76. The van der Waals surface area contributed by atoms with E-state index in [2.05, 4.69) is 15.5 Å². The van der Waals surface area contributed by atoms with Crippen LogP contribution in [0.15, 0.2) is 24.3 Å². The van der Waals surface area contributed by atoms with Gasteiger partial charge in [0.1, 0.15) is 6.04 Å². The maximum absolute atomic E-state index is 11.9. The van der Waals surface area contributed by atoms with Crippen LogP contribution in [0.4, 0.5) is 11.4 Å². The molecule has 0 saturated carbocycles. The molecule has 1 unspecified atom stereocenters. The van der Waals surface area contributed by atoms with Gasteiger partial charge in [0.2, 0.25) is 18.2 Å². The normalized spacial score (nSPS) is 21.7. The molecule has 23 heavy (non-hydrogen) atoms. The van der Waals surface area contributed by atoms with E-state index >= 15 is 0 Å². The molecule has 2 aliphatic heterocycles. The molecule has 0 spiro atoms. The maximum atomic E-state index is 11.9. The fourth-order valence-corrected chi connectivity index (χ4v) is 3.02. The zero-order chi connectivity index (χ0) is 16.2. The van der Waals surface area contributed by atoms with Crippen molar-refractivity contribution in [2.75, 3.05) is 36.0 Å². The van der Waals surface area contributed by atoms with Crippen LogP contribution < -0.4 is 20.4 Å². The van der Waals surface area contributed by atoms with Gasteiger partial charge in [-0.3, -0.25) is 19.7 Å². The first-order valence-electron chi connectivity index (χ1n) is 7.82. The molecule has 1 atom stereocenters. The van der Waals surface area contributed by atoms with Gasteiger partial charge in [-0.2, -0.15) is 0 Å². The van der Waals surface area contributed by atoms with Crippen molar-refractivity contribution in [3.63, 3.8) is 0 Å². The van der Waals surface area contributed by atoms with Crippen LogP contribution in [-0.4, -0.2) is 50.4 Å². The Balaban J connectivity index is 1.75. The molecular weight excluding hydrogens is 296 g/mol. The summed E-state index contributed by atoms with van der Waals surface area (Å²) in [7, 11) is 0. The zero-order valence-electron chi connectivity index (χ0n) is 12.8. The molecule has 2 N–H and O–H groups in total. The molecule has 2 aliphatic rings. The van der Waals surface area contributed by atoms with Crippen LogP contribution >= 0.6 is 0 Å². The highest BCUT2D eigenvalue weighted by Crippen LogP contribution is 2.24. The van der Waals surface area contributed by atoms with Gasteiger partial charge in [0.25, 0.3) is 0 Å². The third kappa shape index (κ3) is 3.34. The Morgan fingerprint density at radius 1 is 1.13 bits per heavy atom. The average molecular weight is 316 g/mol. The van der Waals surface area contributed by atoms with Crippen molar-refractivity contribution in [3.05, 3.63) is 24.3 Å². The Labute approximate surface area is 134 Å². The predicted molar refractivity (Wildman–Crippen MR) is 86.2 cm³/mol. The van der Waals surface area contributed by atoms with Crippen molar-refractivity contribution in [2.45, 2.75) is 18.9 Å². The van der Waals surface area contributed by atoms with E-state index in [1.807, 2.05) is 24.3 Å². The second-order valence-electron chi connectivity index (χ2n) is 5.73. The first-order valence-corrected chi connectivity index (χ1v) is 7.82. The Morgan fingerprint density at radius 3 is 2.43 bits per heavy atom. The molecule has 3 rings (SSSR count). The highest BCUT2D eigenvalue weighted by molar-refractivity contribution is 6.03. The van der Waals surface area contributed by atoms with Crippen molar-refractivity contribution in [2.24, 2.45) is 0 Å². The van der Waals surface area contributed by atoms with E-state index in [-0.39, 0.29) is 12.3 Å². The largest absolute Gasteiger partial charge is 0.369 e. The third-order valence-corrected chi connectivity index (χ3v) is 4.29. The second-order valence-corrected chi connectivity index (χ2v) is 5.73. The first-order chi connectivity index (χ1) is 11.2. The topological polar surface area (TPSA) is 81.8 Å². The highest BCUT2D eigenvalue weighted by atomic mass is 16.2. The highest BCUT2D eigenvalue weighted by Gasteiger charge is 2.31. The summed E-state index contributed by atoms with van der Waals surface area (Å²) in [6.45, 7) is 3.81. The van der Waals surface area contributed by atoms with Gasteiger partial charge in [0, 0.05) is 44.0 Å². The van der Waals surface area contributed by atoms with E-state index in [0.717, 1.165) is 31.9 Å². The number of piperidine rings is 1. The lowest BCUT2D eigenvalue weighted by Crippen LogP contribution is -2.52. The molecular formula is C16H20N4O3. The molecule has 2 heterocycles. The molecule has 2 fully saturated rings. The van der Waals surface area contributed by atoms with E-state index in [1.165, 1.54) is 4.90 Å². The second kappa shape index (κ2) is 6.78. The average Bonchev–Trinajstić information content (AvgIpc) is 2.59. The van der Waals surface area contributed by atoms with Crippen LogP contribution in [0, 0.1) is 0 Å². The van der Waals surface area contributed by atoms with Gasteiger partial charge in [-0.1, -0.05) is 0 Å². The zero-order valence-corrected chi connectivity index (χ0v) is 12.8. The van der Waals surface area contributed by atoms with Gasteiger partial charge in [-0.15, -0.1) is 0 Å². The monoisotopic (exact) mass is 316 g/mol. The van der Waals surface area contributed by atoms with Crippen LogP contribution in [0.3, 0.4) is 0 Å². The van der Waals surface area contributed by atoms with Gasteiger partial charge in [-0.25, -0.2) is 0 Å². The lowest BCUT2D eigenvalue weighted by molar-refractivity contribution is -0.134.